The predicted molar refractivity (Wildman–Crippen MR) is 93.4 cm³/mol. The van der Waals surface area contributed by atoms with Crippen molar-refractivity contribution >= 4 is 32.4 Å². The Morgan fingerprint density at radius 1 is 1.10 bits per heavy atom. The molecule has 0 saturated heterocycles. The van der Waals surface area contributed by atoms with Crippen molar-refractivity contribution in [3.05, 3.63) is 40.9 Å². The standard InChI is InChI=1S/C18H21BrN2/c1-18(2,13-20)9-3-4-10-21-17-8-6-14-11-16(19)7-5-15(14)12-17/h5-8,11-12,21H,3-4,9-10H2,1-2H3. The van der Waals surface area contributed by atoms with Gasteiger partial charge in [-0.15, -0.1) is 0 Å². The van der Waals surface area contributed by atoms with Crippen molar-refractivity contribution < 1.29 is 0 Å². The average molecular weight is 345 g/mol. The summed E-state index contributed by atoms with van der Waals surface area (Å²) < 4.78 is 1.11. The molecule has 0 heterocycles. The molecule has 0 spiro atoms. The van der Waals surface area contributed by atoms with Gasteiger partial charge in [0.2, 0.25) is 0 Å². The van der Waals surface area contributed by atoms with E-state index in [1.807, 2.05) is 13.8 Å². The number of hydrogen-bond acceptors (Lipinski definition) is 2. The summed E-state index contributed by atoms with van der Waals surface area (Å²) >= 11 is 3.49. The minimum absolute atomic E-state index is 0.198. The number of nitrogens with one attached hydrogen (secondary N) is 1. The average Bonchev–Trinajstić information content (AvgIpc) is 2.47. The van der Waals surface area contributed by atoms with Gasteiger partial charge in [-0.05, 0) is 61.7 Å². The van der Waals surface area contributed by atoms with Crippen LogP contribution in [0.5, 0.6) is 0 Å². The molecule has 0 aromatic heterocycles. The summed E-state index contributed by atoms with van der Waals surface area (Å²) in [5, 5.41) is 14.9. The molecule has 0 radical (unpaired) electrons. The molecule has 0 saturated carbocycles. The lowest BCUT2D eigenvalue weighted by atomic mass is 9.89. The number of halogens is 1. The van der Waals surface area contributed by atoms with Gasteiger partial charge in [-0.2, -0.15) is 5.26 Å². The zero-order valence-corrected chi connectivity index (χ0v) is 14.2. The molecule has 0 fully saturated rings. The quantitative estimate of drug-likeness (QED) is 0.678. The number of nitrogens with zero attached hydrogens (tertiary/aromatic N) is 1. The van der Waals surface area contributed by atoms with E-state index in [4.69, 9.17) is 5.26 Å². The molecule has 2 aromatic rings. The molecule has 0 amide bonds. The molecule has 0 aliphatic rings. The first-order chi connectivity index (χ1) is 10.00. The van der Waals surface area contributed by atoms with E-state index in [0.29, 0.717) is 0 Å². The Kier molecular flexibility index (Phi) is 5.25. The highest BCUT2D eigenvalue weighted by atomic mass is 79.9. The van der Waals surface area contributed by atoms with Crippen molar-refractivity contribution in [1.29, 1.82) is 5.26 Å². The highest BCUT2D eigenvalue weighted by molar-refractivity contribution is 9.10. The molecule has 1 N–H and O–H groups in total. The Morgan fingerprint density at radius 2 is 1.81 bits per heavy atom. The number of nitriles is 1. The molecule has 21 heavy (non-hydrogen) atoms. The van der Waals surface area contributed by atoms with Gasteiger partial charge < -0.3 is 5.32 Å². The zero-order chi connectivity index (χ0) is 15.3. The molecule has 0 atom stereocenters. The van der Waals surface area contributed by atoms with E-state index in [0.717, 1.165) is 36.0 Å². The van der Waals surface area contributed by atoms with Crippen LogP contribution in [0.25, 0.3) is 10.8 Å². The smallest absolute Gasteiger partial charge is 0.0683 e. The van der Waals surface area contributed by atoms with E-state index in [-0.39, 0.29) is 5.41 Å². The molecule has 2 nitrogen and oxygen atoms in total. The fourth-order valence-corrected chi connectivity index (χ4v) is 2.69. The SMILES string of the molecule is CC(C)(C#N)CCCCNc1ccc2cc(Br)ccc2c1. The molecule has 3 heteroatoms. The number of benzene rings is 2. The Balaban J connectivity index is 1.84. The topological polar surface area (TPSA) is 35.8 Å². The van der Waals surface area contributed by atoms with Gasteiger partial charge in [0.15, 0.2) is 0 Å². The fourth-order valence-electron chi connectivity index (χ4n) is 2.31. The summed E-state index contributed by atoms with van der Waals surface area (Å²) in [4.78, 5) is 0. The minimum atomic E-state index is -0.198. The molecule has 0 unspecified atom stereocenters. The Bertz CT molecular complexity index is 656. The summed E-state index contributed by atoms with van der Waals surface area (Å²) in [6, 6.07) is 15.1. The van der Waals surface area contributed by atoms with Crippen LogP contribution in [0, 0.1) is 16.7 Å². The minimum Gasteiger partial charge on any atom is -0.385 e. The largest absolute Gasteiger partial charge is 0.385 e. The van der Waals surface area contributed by atoms with Gasteiger partial charge in [-0.25, -0.2) is 0 Å². The first kappa shape index (κ1) is 15.9. The third kappa shape index (κ3) is 4.75. The predicted octanol–water partition coefficient (Wildman–Crippen LogP) is 5.73. The Hall–Kier alpha value is -1.53. The zero-order valence-electron chi connectivity index (χ0n) is 12.6. The second-order valence-corrected chi connectivity index (χ2v) is 7.00. The van der Waals surface area contributed by atoms with E-state index in [9.17, 15) is 0 Å². The number of rotatable bonds is 6. The van der Waals surface area contributed by atoms with E-state index < -0.39 is 0 Å². The van der Waals surface area contributed by atoms with E-state index in [1.54, 1.807) is 0 Å². The van der Waals surface area contributed by atoms with Gasteiger partial charge in [0.05, 0.1) is 11.5 Å². The lowest BCUT2D eigenvalue weighted by Gasteiger charge is -2.14. The molecule has 0 aliphatic heterocycles. The molecule has 0 bridgehead atoms. The molecule has 110 valence electrons. The van der Waals surface area contributed by atoms with Gasteiger partial charge in [0, 0.05) is 16.7 Å². The van der Waals surface area contributed by atoms with E-state index >= 15 is 0 Å². The molecular weight excluding hydrogens is 324 g/mol. The molecule has 0 aliphatic carbocycles. The normalized spacial score (nSPS) is 11.3. The van der Waals surface area contributed by atoms with Crippen LogP contribution in [-0.4, -0.2) is 6.54 Å². The second-order valence-electron chi connectivity index (χ2n) is 6.09. The van der Waals surface area contributed by atoms with Crippen LogP contribution in [0.3, 0.4) is 0 Å². The van der Waals surface area contributed by atoms with Gasteiger partial charge in [0.25, 0.3) is 0 Å². The first-order valence-electron chi connectivity index (χ1n) is 7.35. The van der Waals surface area contributed by atoms with Crippen LogP contribution in [0.15, 0.2) is 40.9 Å². The van der Waals surface area contributed by atoms with Crippen LogP contribution in [0.1, 0.15) is 33.1 Å². The van der Waals surface area contributed by atoms with Crippen molar-refractivity contribution in [2.45, 2.75) is 33.1 Å². The highest BCUT2D eigenvalue weighted by Crippen LogP contribution is 2.24. The maximum Gasteiger partial charge on any atom is 0.0683 e. The van der Waals surface area contributed by atoms with Gasteiger partial charge in [-0.3, -0.25) is 0 Å². The Morgan fingerprint density at radius 3 is 2.57 bits per heavy atom. The van der Waals surface area contributed by atoms with Crippen molar-refractivity contribution in [3.8, 4) is 6.07 Å². The van der Waals surface area contributed by atoms with Crippen molar-refractivity contribution in [1.82, 2.24) is 0 Å². The second kappa shape index (κ2) is 6.95. The fraction of sp³-hybridized carbons (Fsp3) is 0.389. The van der Waals surface area contributed by atoms with E-state index in [2.05, 4.69) is 63.7 Å². The highest BCUT2D eigenvalue weighted by Gasteiger charge is 2.15. The van der Waals surface area contributed by atoms with Crippen LogP contribution < -0.4 is 5.32 Å². The molecular formula is C18H21BrN2. The van der Waals surface area contributed by atoms with Crippen molar-refractivity contribution in [2.75, 3.05) is 11.9 Å². The number of unbranched alkanes of at least 4 members (excludes halogenated alkanes) is 1. The van der Waals surface area contributed by atoms with Gasteiger partial charge in [0.1, 0.15) is 0 Å². The maximum atomic E-state index is 8.98. The first-order valence-corrected chi connectivity index (χ1v) is 8.14. The van der Waals surface area contributed by atoms with E-state index in [1.165, 1.54) is 10.8 Å². The Labute approximate surface area is 135 Å². The summed E-state index contributed by atoms with van der Waals surface area (Å²) in [7, 11) is 0. The molecule has 2 rings (SSSR count). The number of hydrogen-bond donors (Lipinski definition) is 1. The lowest BCUT2D eigenvalue weighted by molar-refractivity contribution is 0.430. The summed E-state index contributed by atoms with van der Waals surface area (Å²) in [5.74, 6) is 0. The summed E-state index contributed by atoms with van der Waals surface area (Å²) in [5.41, 5.74) is 0.959. The summed E-state index contributed by atoms with van der Waals surface area (Å²) in [6.07, 6.45) is 3.12. The lowest BCUT2D eigenvalue weighted by Crippen LogP contribution is -2.09. The molecule has 2 aromatic carbocycles. The van der Waals surface area contributed by atoms with Gasteiger partial charge >= 0.3 is 0 Å². The van der Waals surface area contributed by atoms with Gasteiger partial charge in [-0.1, -0.05) is 34.5 Å². The van der Waals surface area contributed by atoms with Crippen LogP contribution in [0.4, 0.5) is 5.69 Å². The third-order valence-corrected chi connectivity index (χ3v) is 4.16. The monoisotopic (exact) mass is 344 g/mol. The number of fused-ring (bicyclic) bond motifs is 1. The van der Waals surface area contributed by atoms with Crippen molar-refractivity contribution in [2.24, 2.45) is 5.41 Å². The maximum absolute atomic E-state index is 8.98. The summed E-state index contributed by atoms with van der Waals surface area (Å²) in [6.45, 7) is 4.95. The van der Waals surface area contributed by atoms with Crippen molar-refractivity contribution in [3.63, 3.8) is 0 Å². The van der Waals surface area contributed by atoms with Crippen LogP contribution >= 0.6 is 15.9 Å². The van der Waals surface area contributed by atoms with Crippen LogP contribution in [0.2, 0.25) is 0 Å². The number of anilines is 1. The third-order valence-electron chi connectivity index (χ3n) is 3.66. The van der Waals surface area contributed by atoms with Crippen LogP contribution in [-0.2, 0) is 0 Å².